The van der Waals surface area contributed by atoms with Crippen LogP contribution >= 0.6 is 11.6 Å². The predicted molar refractivity (Wildman–Crippen MR) is 98.8 cm³/mol. The molecule has 1 fully saturated rings. The van der Waals surface area contributed by atoms with E-state index in [-0.39, 0.29) is 11.5 Å². The van der Waals surface area contributed by atoms with Gasteiger partial charge >= 0.3 is 5.69 Å². The van der Waals surface area contributed by atoms with Gasteiger partial charge in [-0.2, -0.15) is 0 Å². The molecular weight excluding hydrogens is 342 g/mol. The molecule has 7 nitrogen and oxygen atoms in total. The summed E-state index contributed by atoms with van der Waals surface area (Å²) in [5, 5.41) is 15.4. The Morgan fingerprint density at radius 2 is 2.20 bits per heavy atom. The van der Waals surface area contributed by atoms with Crippen molar-refractivity contribution in [3.8, 4) is 0 Å². The van der Waals surface area contributed by atoms with Gasteiger partial charge in [-0.15, -0.1) is 0 Å². The number of piperidine rings is 1. The van der Waals surface area contributed by atoms with Gasteiger partial charge in [0.1, 0.15) is 6.33 Å². The zero-order valence-electron chi connectivity index (χ0n) is 14.2. The standard InChI is InChI=1S/C17H20ClN5O2/c1-11-4-3-7-22(9-11)17-15(23(24)25)16(19-10-20-17)21-14-6-5-13(18)8-12(14)2/h5-6,8,10-11H,3-4,7,9H2,1-2H3,(H,19,20,21). The van der Waals surface area contributed by atoms with Crippen molar-refractivity contribution in [2.45, 2.75) is 26.7 Å². The molecule has 2 aromatic rings. The molecule has 8 heteroatoms. The normalized spacial score (nSPS) is 17.4. The second kappa shape index (κ2) is 7.23. The molecule has 1 aliphatic rings. The number of nitrogens with one attached hydrogen (secondary N) is 1. The lowest BCUT2D eigenvalue weighted by molar-refractivity contribution is -0.383. The van der Waals surface area contributed by atoms with E-state index in [1.807, 2.05) is 11.8 Å². The molecule has 1 atom stereocenters. The summed E-state index contributed by atoms with van der Waals surface area (Å²) in [4.78, 5) is 21.6. The number of benzene rings is 1. The second-order valence-electron chi connectivity index (χ2n) is 6.43. The molecule has 1 aliphatic heterocycles. The highest BCUT2D eigenvalue weighted by atomic mass is 35.5. The fourth-order valence-corrected chi connectivity index (χ4v) is 3.36. The predicted octanol–water partition coefficient (Wildman–Crippen LogP) is 4.33. The van der Waals surface area contributed by atoms with Crippen molar-refractivity contribution in [1.29, 1.82) is 0 Å². The second-order valence-corrected chi connectivity index (χ2v) is 6.87. The molecule has 25 heavy (non-hydrogen) atoms. The first-order chi connectivity index (χ1) is 12.0. The van der Waals surface area contributed by atoms with Gasteiger partial charge < -0.3 is 10.2 Å². The van der Waals surface area contributed by atoms with Gasteiger partial charge in [0.05, 0.1) is 4.92 Å². The Hall–Kier alpha value is -2.41. The first-order valence-corrected chi connectivity index (χ1v) is 8.61. The third kappa shape index (κ3) is 3.82. The van der Waals surface area contributed by atoms with Gasteiger partial charge in [-0.05, 0) is 49.4 Å². The lowest BCUT2D eigenvalue weighted by Crippen LogP contribution is -2.35. The molecule has 1 saturated heterocycles. The van der Waals surface area contributed by atoms with E-state index in [9.17, 15) is 10.1 Å². The summed E-state index contributed by atoms with van der Waals surface area (Å²) in [6.45, 7) is 5.56. The minimum Gasteiger partial charge on any atom is -0.350 e. The molecule has 132 valence electrons. The molecule has 0 bridgehead atoms. The quantitative estimate of drug-likeness (QED) is 0.644. The average Bonchev–Trinajstić information content (AvgIpc) is 2.57. The van der Waals surface area contributed by atoms with Crippen LogP contribution in [0.25, 0.3) is 0 Å². The summed E-state index contributed by atoms with van der Waals surface area (Å²) in [7, 11) is 0. The summed E-state index contributed by atoms with van der Waals surface area (Å²) >= 11 is 5.97. The third-order valence-electron chi connectivity index (χ3n) is 4.38. The molecule has 1 aromatic heterocycles. The molecule has 3 rings (SSSR count). The van der Waals surface area contributed by atoms with Crippen LogP contribution in [0.1, 0.15) is 25.3 Å². The maximum absolute atomic E-state index is 11.7. The van der Waals surface area contributed by atoms with Crippen molar-refractivity contribution >= 4 is 34.6 Å². The summed E-state index contributed by atoms with van der Waals surface area (Å²) < 4.78 is 0. The van der Waals surface area contributed by atoms with E-state index < -0.39 is 4.92 Å². The SMILES string of the molecule is Cc1cc(Cl)ccc1Nc1ncnc(N2CCCC(C)C2)c1[N+](=O)[O-]. The summed E-state index contributed by atoms with van der Waals surface area (Å²) in [6, 6.07) is 5.31. The van der Waals surface area contributed by atoms with E-state index >= 15 is 0 Å². The van der Waals surface area contributed by atoms with E-state index in [1.54, 1.807) is 18.2 Å². The number of aromatic nitrogens is 2. The van der Waals surface area contributed by atoms with Crippen LogP contribution in [0.5, 0.6) is 0 Å². The minimum atomic E-state index is -0.414. The molecule has 0 radical (unpaired) electrons. The number of aryl methyl sites for hydroxylation is 1. The smallest absolute Gasteiger partial charge is 0.350 e. The van der Waals surface area contributed by atoms with Crippen LogP contribution in [0.2, 0.25) is 5.02 Å². The van der Waals surface area contributed by atoms with E-state index in [1.165, 1.54) is 6.33 Å². The summed E-state index contributed by atoms with van der Waals surface area (Å²) in [5.41, 5.74) is 1.52. The topological polar surface area (TPSA) is 84.2 Å². The first-order valence-electron chi connectivity index (χ1n) is 8.23. The molecule has 1 aromatic carbocycles. The number of nitrogens with zero attached hydrogens (tertiary/aromatic N) is 4. The van der Waals surface area contributed by atoms with Crippen molar-refractivity contribution in [2.75, 3.05) is 23.3 Å². The summed E-state index contributed by atoms with van der Waals surface area (Å²) in [6.07, 6.45) is 3.50. The zero-order chi connectivity index (χ0) is 18.0. The molecule has 2 heterocycles. The third-order valence-corrected chi connectivity index (χ3v) is 4.62. The molecule has 0 aliphatic carbocycles. The lowest BCUT2D eigenvalue weighted by atomic mass is 10.0. The van der Waals surface area contributed by atoms with Crippen molar-refractivity contribution < 1.29 is 4.92 Å². The van der Waals surface area contributed by atoms with Crippen LogP contribution in [0.15, 0.2) is 24.5 Å². The minimum absolute atomic E-state index is 0.0917. The highest BCUT2D eigenvalue weighted by Crippen LogP contribution is 2.36. The van der Waals surface area contributed by atoms with E-state index in [0.29, 0.717) is 16.8 Å². The van der Waals surface area contributed by atoms with Gasteiger partial charge in [-0.1, -0.05) is 18.5 Å². The molecule has 1 unspecified atom stereocenters. The highest BCUT2D eigenvalue weighted by molar-refractivity contribution is 6.30. The van der Waals surface area contributed by atoms with Gasteiger partial charge in [0, 0.05) is 23.8 Å². The Labute approximate surface area is 151 Å². The van der Waals surface area contributed by atoms with Gasteiger partial charge in [-0.3, -0.25) is 10.1 Å². The number of halogens is 1. The van der Waals surface area contributed by atoms with Crippen LogP contribution < -0.4 is 10.2 Å². The van der Waals surface area contributed by atoms with Gasteiger partial charge in [0.2, 0.25) is 11.6 Å². The van der Waals surface area contributed by atoms with Crippen molar-refractivity contribution in [3.63, 3.8) is 0 Å². The van der Waals surface area contributed by atoms with E-state index in [2.05, 4.69) is 22.2 Å². The molecular formula is C17H20ClN5O2. The maximum atomic E-state index is 11.7. The molecule has 0 amide bonds. The fraction of sp³-hybridized carbons (Fsp3) is 0.412. The van der Waals surface area contributed by atoms with Crippen molar-refractivity contribution in [1.82, 2.24) is 9.97 Å². The monoisotopic (exact) mass is 361 g/mol. The van der Waals surface area contributed by atoms with Crippen LogP contribution in [-0.2, 0) is 0 Å². The van der Waals surface area contributed by atoms with Gasteiger partial charge in [-0.25, -0.2) is 9.97 Å². The number of hydrogen-bond acceptors (Lipinski definition) is 6. The highest BCUT2D eigenvalue weighted by Gasteiger charge is 2.29. The molecule has 1 N–H and O–H groups in total. The number of rotatable bonds is 4. The van der Waals surface area contributed by atoms with Gasteiger partial charge in [0.15, 0.2) is 0 Å². The molecule has 0 spiro atoms. The Morgan fingerprint density at radius 1 is 1.40 bits per heavy atom. The Morgan fingerprint density at radius 3 is 2.88 bits per heavy atom. The van der Waals surface area contributed by atoms with Gasteiger partial charge in [0.25, 0.3) is 0 Å². The molecule has 0 saturated carbocycles. The Balaban J connectivity index is 1.99. The van der Waals surface area contributed by atoms with Crippen LogP contribution in [0, 0.1) is 23.0 Å². The van der Waals surface area contributed by atoms with E-state index in [0.717, 1.165) is 37.2 Å². The first kappa shape index (κ1) is 17.4. The van der Waals surface area contributed by atoms with Crippen molar-refractivity contribution in [2.24, 2.45) is 5.92 Å². The Kier molecular flexibility index (Phi) is 5.03. The van der Waals surface area contributed by atoms with Crippen molar-refractivity contribution in [3.05, 3.63) is 45.2 Å². The summed E-state index contributed by atoms with van der Waals surface area (Å²) in [5.74, 6) is 1.05. The fourth-order valence-electron chi connectivity index (χ4n) is 3.14. The zero-order valence-corrected chi connectivity index (χ0v) is 15.0. The average molecular weight is 362 g/mol. The van der Waals surface area contributed by atoms with Crippen LogP contribution in [-0.4, -0.2) is 28.0 Å². The van der Waals surface area contributed by atoms with E-state index in [4.69, 9.17) is 11.6 Å². The Bertz CT molecular complexity index is 799. The number of hydrogen-bond donors (Lipinski definition) is 1. The largest absolute Gasteiger partial charge is 0.353 e. The van der Waals surface area contributed by atoms with Crippen LogP contribution in [0.3, 0.4) is 0 Å². The number of nitro groups is 1. The van der Waals surface area contributed by atoms with Crippen LogP contribution in [0.4, 0.5) is 23.0 Å². The maximum Gasteiger partial charge on any atom is 0.353 e. The number of anilines is 3. The lowest BCUT2D eigenvalue weighted by Gasteiger charge is -2.31.